The highest BCUT2D eigenvalue weighted by molar-refractivity contribution is 5.25. The normalized spacial score (nSPS) is 24.8. The first-order chi connectivity index (χ1) is 10.0. The van der Waals surface area contributed by atoms with Crippen LogP contribution in [-0.4, -0.2) is 34.6 Å². The molecule has 21 heavy (non-hydrogen) atoms. The average molecular weight is 287 g/mol. The van der Waals surface area contributed by atoms with E-state index in [0.29, 0.717) is 17.6 Å². The van der Waals surface area contributed by atoms with Gasteiger partial charge < -0.3 is 5.32 Å². The molecule has 0 amide bonds. The van der Waals surface area contributed by atoms with Crippen molar-refractivity contribution in [2.24, 2.45) is 0 Å². The maximum atomic E-state index is 4.65. The minimum atomic E-state index is 0.309. The van der Waals surface area contributed by atoms with Gasteiger partial charge in [-0.25, -0.2) is 0 Å². The van der Waals surface area contributed by atoms with Crippen LogP contribution in [0.1, 0.15) is 63.8 Å². The van der Waals surface area contributed by atoms with E-state index in [1.165, 1.54) is 56.5 Å². The van der Waals surface area contributed by atoms with Gasteiger partial charge >= 0.3 is 0 Å². The quantitative estimate of drug-likeness (QED) is 0.904. The standard InChI is InChI=1S/C18H29N3/c1-18(2,3)21-12-9-15(10-13-21)20-16-8-4-6-14-7-5-11-19-17(14)16/h5,7,11,15-16,20H,4,6,8-10,12-13H2,1-3H3. The predicted octanol–water partition coefficient (Wildman–Crippen LogP) is 3.31. The smallest absolute Gasteiger partial charge is 0.0605 e. The molecule has 1 atom stereocenters. The zero-order valence-corrected chi connectivity index (χ0v) is 13.7. The monoisotopic (exact) mass is 287 g/mol. The molecule has 3 heteroatoms. The van der Waals surface area contributed by atoms with E-state index in [0.717, 1.165) is 0 Å². The van der Waals surface area contributed by atoms with Gasteiger partial charge in [0.05, 0.1) is 5.69 Å². The molecule has 0 aromatic carbocycles. The summed E-state index contributed by atoms with van der Waals surface area (Å²) in [5.74, 6) is 0. The second kappa shape index (κ2) is 6.05. The van der Waals surface area contributed by atoms with Crippen LogP contribution in [0.15, 0.2) is 18.3 Å². The fourth-order valence-corrected chi connectivity index (χ4v) is 3.77. The summed E-state index contributed by atoms with van der Waals surface area (Å²) in [5.41, 5.74) is 3.07. The molecular formula is C18H29N3. The molecule has 0 spiro atoms. The van der Waals surface area contributed by atoms with Crippen molar-refractivity contribution < 1.29 is 0 Å². The summed E-state index contributed by atoms with van der Waals surface area (Å²) in [6, 6.07) is 5.45. The maximum absolute atomic E-state index is 4.65. The number of aromatic nitrogens is 1. The topological polar surface area (TPSA) is 28.2 Å². The third kappa shape index (κ3) is 3.46. The van der Waals surface area contributed by atoms with Gasteiger partial charge in [0.25, 0.3) is 0 Å². The summed E-state index contributed by atoms with van der Waals surface area (Å²) in [4.78, 5) is 7.26. The highest BCUT2D eigenvalue weighted by atomic mass is 15.2. The zero-order chi connectivity index (χ0) is 14.9. The Morgan fingerprint density at radius 3 is 2.67 bits per heavy atom. The third-order valence-electron chi connectivity index (χ3n) is 5.08. The second-order valence-corrected chi connectivity index (χ2v) is 7.59. The van der Waals surface area contributed by atoms with Crippen LogP contribution in [0.3, 0.4) is 0 Å². The molecule has 1 aromatic rings. The van der Waals surface area contributed by atoms with Crippen molar-refractivity contribution in [3.8, 4) is 0 Å². The van der Waals surface area contributed by atoms with Gasteiger partial charge in [-0.1, -0.05) is 6.07 Å². The zero-order valence-electron chi connectivity index (χ0n) is 13.7. The Hall–Kier alpha value is -0.930. The Morgan fingerprint density at radius 1 is 1.19 bits per heavy atom. The number of nitrogens with zero attached hydrogens (tertiary/aromatic N) is 2. The Labute approximate surface area is 129 Å². The van der Waals surface area contributed by atoms with Gasteiger partial charge in [0.2, 0.25) is 0 Å². The molecule has 1 aliphatic heterocycles. The summed E-state index contributed by atoms with van der Waals surface area (Å²) in [7, 11) is 0. The van der Waals surface area contributed by atoms with Crippen molar-refractivity contribution in [1.82, 2.24) is 15.2 Å². The van der Waals surface area contributed by atoms with Crippen LogP contribution in [0.2, 0.25) is 0 Å². The number of rotatable bonds is 2. The van der Waals surface area contributed by atoms with Crippen LogP contribution in [-0.2, 0) is 6.42 Å². The van der Waals surface area contributed by atoms with Crippen LogP contribution >= 0.6 is 0 Å². The van der Waals surface area contributed by atoms with E-state index >= 15 is 0 Å². The molecule has 1 aromatic heterocycles. The number of likely N-dealkylation sites (tertiary alicyclic amines) is 1. The van der Waals surface area contributed by atoms with Crippen molar-refractivity contribution in [2.45, 2.75) is 70.5 Å². The summed E-state index contributed by atoms with van der Waals surface area (Å²) in [6.45, 7) is 9.39. The minimum Gasteiger partial charge on any atom is -0.306 e. The largest absolute Gasteiger partial charge is 0.306 e. The molecule has 1 aliphatic carbocycles. The van der Waals surface area contributed by atoms with Crippen molar-refractivity contribution >= 4 is 0 Å². The molecule has 0 radical (unpaired) electrons. The average Bonchev–Trinajstić information content (AvgIpc) is 2.47. The first kappa shape index (κ1) is 15.0. The molecule has 3 rings (SSSR count). The summed E-state index contributed by atoms with van der Waals surface area (Å²) >= 11 is 0. The Kier molecular flexibility index (Phi) is 4.32. The highest BCUT2D eigenvalue weighted by Crippen LogP contribution is 2.29. The molecule has 116 valence electrons. The maximum Gasteiger partial charge on any atom is 0.0605 e. The van der Waals surface area contributed by atoms with Gasteiger partial charge in [-0.3, -0.25) is 9.88 Å². The van der Waals surface area contributed by atoms with E-state index in [4.69, 9.17) is 0 Å². The number of fused-ring (bicyclic) bond motifs is 1. The van der Waals surface area contributed by atoms with E-state index in [1.54, 1.807) is 0 Å². The van der Waals surface area contributed by atoms with Gasteiger partial charge in [-0.05, 0) is 64.5 Å². The molecule has 1 saturated heterocycles. The number of hydrogen-bond donors (Lipinski definition) is 1. The van der Waals surface area contributed by atoms with Crippen LogP contribution < -0.4 is 5.32 Å². The van der Waals surface area contributed by atoms with E-state index in [-0.39, 0.29) is 0 Å². The first-order valence-corrected chi connectivity index (χ1v) is 8.49. The number of piperidine rings is 1. The van der Waals surface area contributed by atoms with Crippen molar-refractivity contribution in [3.63, 3.8) is 0 Å². The molecule has 0 bridgehead atoms. The first-order valence-electron chi connectivity index (χ1n) is 8.49. The lowest BCUT2D eigenvalue weighted by atomic mass is 9.90. The summed E-state index contributed by atoms with van der Waals surface area (Å²) in [5, 5.41) is 3.90. The van der Waals surface area contributed by atoms with Crippen molar-refractivity contribution in [1.29, 1.82) is 0 Å². The number of hydrogen-bond acceptors (Lipinski definition) is 3. The van der Waals surface area contributed by atoms with Gasteiger partial charge in [0.1, 0.15) is 0 Å². The van der Waals surface area contributed by atoms with Gasteiger partial charge in [0, 0.05) is 36.9 Å². The third-order valence-corrected chi connectivity index (χ3v) is 5.08. The SMILES string of the molecule is CC(C)(C)N1CCC(NC2CCCc3cccnc32)CC1. The highest BCUT2D eigenvalue weighted by Gasteiger charge is 2.29. The summed E-state index contributed by atoms with van der Waals surface area (Å²) in [6.07, 6.45) is 8.19. The lowest BCUT2D eigenvalue weighted by molar-refractivity contribution is 0.0929. The minimum absolute atomic E-state index is 0.309. The van der Waals surface area contributed by atoms with Crippen LogP contribution in [0, 0.1) is 0 Å². The van der Waals surface area contributed by atoms with Crippen molar-refractivity contribution in [3.05, 3.63) is 29.6 Å². The lowest BCUT2D eigenvalue weighted by Gasteiger charge is -2.42. The molecule has 1 unspecified atom stereocenters. The van der Waals surface area contributed by atoms with Crippen LogP contribution in [0.4, 0.5) is 0 Å². The molecule has 3 nitrogen and oxygen atoms in total. The fraction of sp³-hybridized carbons (Fsp3) is 0.722. The van der Waals surface area contributed by atoms with E-state index in [2.05, 4.69) is 48.1 Å². The Morgan fingerprint density at radius 2 is 1.95 bits per heavy atom. The van der Waals surface area contributed by atoms with Crippen molar-refractivity contribution in [2.75, 3.05) is 13.1 Å². The number of aryl methyl sites for hydroxylation is 1. The molecule has 1 fully saturated rings. The molecule has 1 N–H and O–H groups in total. The molecule has 2 aliphatic rings. The Bertz CT molecular complexity index is 470. The van der Waals surface area contributed by atoms with E-state index in [9.17, 15) is 0 Å². The van der Waals surface area contributed by atoms with Gasteiger partial charge in [-0.15, -0.1) is 0 Å². The number of pyridine rings is 1. The summed E-state index contributed by atoms with van der Waals surface area (Å²) < 4.78 is 0. The Balaban J connectivity index is 1.59. The second-order valence-electron chi connectivity index (χ2n) is 7.59. The van der Waals surface area contributed by atoms with Gasteiger partial charge in [0.15, 0.2) is 0 Å². The molecular weight excluding hydrogens is 258 g/mol. The van der Waals surface area contributed by atoms with Crippen LogP contribution in [0.25, 0.3) is 0 Å². The number of nitrogens with one attached hydrogen (secondary N) is 1. The molecule has 0 saturated carbocycles. The van der Waals surface area contributed by atoms with Crippen LogP contribution in [0.5, 0.6) is 0 Å². The molecule has 2 heterocycles. The lowest BCUT2D eigenvalue weighted by Crippen LogP contribution is -2.50. The fourth-order valence-electron chi connectivity index (χ4n) is 3.77. The predicted molar refractivity (Wildman–Crippen MR) is 87.4 cm³/mol. The van der Waals surface area contributed by atoms with E-state index in [1.807, 2.05) is 6.20 Å². The van der Waals surface area contributed by atoms with E-state index < -0.39 is 0 Å². The van der Waals surface area contributed by atoms with Gasteiger partial charge in [-0.2, -0.15) is 0 Å².